The second-order valence-corrected chi connectivity index (χ2v) is 11.5. The van der Waals surface area contributed by atoms with Crippen LogP contribution in [0.15, 0.2) is 59.8 Å². The third-order valence-electron chi connectivity index (χ3n) is 7.37. The Kier molecular flexibility index (Phi) is 8.01. The van der Waals surface area contributed by atoms with Crippen molar-refractivity contribution in [3.8, 4) is 11.4 Å². The van der Waals surface area contributed by atoms with Gasteiger partial charge in [-0.3, -0.25) is 4.57 Å². The standard InChI is InChI=1S/C31H30ClF3N2OS/c1-4-16-38-27-14-13-25(34)23(28(27)35)18-39-30-36-26-6-5-15-31(3,20-7-12-24(32)19(2)17-20)29(26)37(30)22-10-8-21(33)9-11-22/h7-14,17H,4-6,15-16,18H2,1-3H3. The van der Waals surface area contributed by atoms with Crippen LogP contribution in [0.5, 0.6) is 5.75 Å². The zero-order valence-corrected chi connectivity index (χ0v) is 23.7. The van der Waals surface area contributed by atoms with E-state index in [4.69, 9.17) is 21.3 Å². The molecular weight excluding hydrogens is 541 g/mol. The maximum Gasteiger partial charge on any atom is 0.173 e. The van der Waals surface area contributed by atoms with Gasteiger partial charge in [-0.2, -0.15) is 0 Å². The van der Waals surface area contributed by atoms with Gasteiger partial charge in [0.15, 0.2) is 16.7 Å². The van der Waals surface area contributed by atoms with Crippen molar-refractivity contribution >= 4 is 23.4 Å². The number of ether oxygens (including phenoxy) is 1. The van der Waals surface area contributed by atoms with E-state index in [2.05, 4.69) is 13.0 Å². The van der Waals surface area contributed by atoms with Gasteiger partial charge < -0.3 is 4.74 Å². The van der Waals surface area contributed by atoms with Gasteiger partial charge in [-0.1, -0.05) is 42.4 Å². The summed E-state index contributed by atoms with van der Waals surface area (Å²) in [7, 11) is 0. The van der Waals surface area contributed by atoms with E-state index in [0.717, 1.165) is 47.5 Å². The summed E-state index contributed by atoms with van der Waals surface area (Å²) in [4.78, 5) is 4.99. The van der Waals surface area contributed by atoms with Crippen LogP contribution in [0.2, 0.25) is 5.02 Å². The highest BCUT2D eigenvalue weighted by atomic mass is 35.5. The molecule has 3 nitrogen and oxygen atoms in total. The molecule has 4 aromatic rings. The van der Waals surface area contributed by atoms with E-state index in [-0.39, 0.29) is 22.9 Å². The van der Waals surface area contributed by atoms with Crippen molar-refractivity contribution in [2.24, 2.45) is 0 Å². The largest absolute Gasteiger partial charge is 0.491 e. The smallest absolute Gasteiger partial charge is 0.173 e. The zero-order valence-electron chi connectivity index (χ0n) is 22.2. The molecule has 1 aromatic heterocycles. The molecular formula is C31H30ClF3N2OS. The number of aromatic nitrogens is 2. The number of thioether (sulfide) groups is 1. The van der Waals surface area contributed by atoms with Gasteiger partial charge in [0.1, 0.15) is 11.6 Å². The number of aryl methyl sites for hydroxylation is 2. The Bertz CT molecular complexity index is 1500. The van der Waals surface area contributed by atoms with Crippen LogP contribution in [0.25, 0.3) is 5.69 Å². The van der Waals surface area contributed by atoms with Crippen molar-refractivity contribution in [2.75, 3.05) is 6.61 Å². The molecule has 0 fully saturated rings. The molecule has 0 radical (unpaired) electrons. The summed E-state index contributed by atoms with van der Waals surface area (Å²) in [5.41, 5.74) is 4.33. The summed E-state index contributed by atoms with van der Waals surface area (Å²) < 4.78 is 51.4. The van der Waals surface area contributed by atoms with Gasteiger partial charge in [0.2, 0.25) is 0 Å². The fourth-order valence-electron chi connectivity index (χ4n) is 5.27. The molecule has 1 atom stereocenters. The quantitative estimate of drug-likeness (QED) is 0.198. The monoisotopic (exact) mass is 570 g/mol. The van der Waals surface area contributed by atoms with Crippen LogP contribution in [0, 0.1) is 24.4 Å². The third kappa shape index (κ3) is 5.31. The van der Waals surface area contributed by atoms with E-state index in [1.54, 1.807) is 12.1 Å². The van der Waals surface area contributed by atoms with Crippen molar-refractivity contribution in [3.63, 3.8) is 0 Å². The van der Waals surface area contributed by atoms with Gasteiger partial charge in [-0.25, -0.2) is 18.2 Å². The predicted molar refractivity (Wildman–Crippen MR) is 151 cm³/mol. The lowest BCUT2D eigenvalue weighted by atomic mass is 9.71. The predicted octanol–water partition coefficient (Wildman–Crippen LogP) is 8.97. The van der Waals surface area contributed by atoms with E-state index >= 15 is 4.39 Å². The van der Waals surface area contributed by atoms with Crippen molar-refractivity contribution in [1.29, 1.82) is 0 Å². The van der Waals surface area contributed by atoms with E-state index in [1.165, 1.54) is 36.0 Å². The highest BCUT2D eigenvalue weighted by molar-refractivity contribution is 7.98. The molecule has 1 heterocycles. The van der Waals surface area contributed by atoms with Crippen LogP contribution in [0.4, 0.5) is 13.2 Å². The number of rotatable bonds is 8. The first-order valence-electron chi connectivity index (χ1n) is 13.1. The van der Waals surface area contributed by atoms with Crippen LogP contribution >= 0.6 is 23.4 Å². The normalized spacial score (nSPS) is 16.8. The number of nitrogens with zero attached hydrogens (tertiary/aromatic N) is 2. The summed E-state index contributed by atoms with van der Waals surface area (Å²) in [5.74, 6) is -1.60. The van der Waals surface area contributed by atoms with Crippen LogP contribution in [-0.2, 0) is 17.6 Å². The molecule has 8 heteroatoms. The minimum atomic E-state index is -0.693. The number of halogens is 4. The molecule has 3 aromatic carbocycles. The van der Waals surface area contributed by atoms with Gasteiger partial charge in [0.25, 0.3) is 0 Å². The summed E-state index contributed by atoms with van der Waals surface area (Å²) in [5, 5.41) is 1.31. The highest BCUT2D eigenvalue weighted by Crippen LogP contribution is 2.46. The molecule has 0 spiro atoms. The molecule has 39 heavy (non-hydrogen) atoms. The summed E-state index contributed by atoms with van der Waals surface area (Å²) in [6.45, 7) is 6.45. The number of hydrogen-bond acceptors (Lipinski definition) is 3. The Balaban J connectivity index is 1.61. The van der Waals surface area contributed by atoms with Gasteiger partial charge >= 0.3 is 0 Å². The molecule has 0 bridgehead atoms. The lowest BCUT2D eigenvalue weighted by Crippen LogP contribution is -2.31. The number of fused-ring (bicyclic) bond motifs is 1. The zero-order chi connectivity index (χ0) is 27.7. The van der Waals surface area contributed by atoms with Crippen molar-refractivity contribution < 1.29 is 17.9 Å². The molecule has 5 rings (SSSR count). The Morgan fingerprint density at radius 3 is 2.56 bits per heavy atom. The van der Waals surface area contributed by atoms with Gasteiger partial charge in [0, 0.05) is 27.4 Å². The molecule has 0 saturated carbocycles. The second-order valence-electron chi connectivity index (χ2n) is 10.1. The van der Waals surface area contributed by atoms with E-state index in [9.17, 15) is 8.78 Å². The SMILES string of the molecule is CCCOc1ccc(F)c(CSc2nc3c(n2-c2ccc(F)cc2)C(C)(c2ccc(Cl)c(C)c2)CCC3)c1F. The lowest BCUT2D eigenvalue weighted by molar-refractivity contribution is 0.299. The van der Waals surface area contributed by atoms with E-state index in [1.807, 2.05) is 30.5 Å². The summed E-state index contributed by atoms with van der Waals surface area (Å²) in [6, 6.07) is 14.9. The molecule has 1 unspecified atom stereocenters. The molecule has 1 aliphatic carbocycles. The fraction of sp³-hybridized carbons (Fsp3) is 0.323. The van der Waals surface area contributed by atoms with Crippen LogP contribution in [0.1, 0.15) is 61.2 Å². The van der Waals surface area contributed by atoms with Gasteiger partial charge in [0.05, 0.1) is 18.0 Å². The van der Waals surface area contributed by atoms with Crippen LogP contribution in [0.3, 0.4) is 0 Å². The number of benzene rings is 3. The highest BCUT2D eigenvalue weighted by Gasteiger charge is 2.39. The van der Waals surface area contributed by atoms with Crippen LogP contribution < -0.4 is 4.74 Å². The topological polar surface area (TPSA) is 27.1 Å². The minimum absolute atomic E-state index is 0.0227. The second kappa shape index (κ2) is 11.3. The molecule has 1 aliphatic rings. The summed E-state index contributed by atoms with van der Waals surface area (Å²) in [6.07, 6.45) is 3.32. The third-order valence-corrected chi connectivity index (χ3v) is 8.76. The average Bonchev–Trinajstić information content (AvgIpc) is 3.30. The lowest BCUT2D eigenvalue weighted by Gasteiger charge is -2.36. The Morgan fingerprint density at radius 2 is 1.85 bits per heavy atom. The fourth-order valence-corrected chi connectivity index (χ4v) is 6.43. The van der Waals surface area contributed by atoms with Crippen molar-refractivity contribution in [1.82, 2.24) is 9.55 Å². The van der Waals surface area contributed by atoms with E-state index < -0.39 is 17.0 Å². The van der Waals surface area contributed by atoms with E-state index in [0.29, 0.717) is 23.2 Å². The molecule has 0 amide bonds. The first-order valence-corrected chi connectivity index (χ1v) is 14.5. The van der Waals surface area contributed by atoms with Crippen molar-refractivity contribution in [2.45, 2.75) is 62.8 Å². The number of imidazole rings is 1. The molecule has 0 saturated heterocycles. The van der Waals surface area contributed by atoms with Gasteiger partial charge in [-0.05, 0) is 93.1 Å². The van der Waals surface area contributed by atoms with Crippen molar-refractivity contribution in [3.05, 3.63) is 105 Å². The first kappa shape index (κ1) is 27.7. The average molecular weight is 571 g/mol. The number of hydrogen-bond donors (Lipinski definition) is 0. The maximum atomic E-state index is 15.2. The van der Waals surface area contributed by atoms with Gasteiger partial charge in [-0.15, -0.1) is 0 Å². The Labute approximate surface area is 236 Å². The molecule has 0 aliphatic heterocycles. The molecule has 0 N–H and O–H groups in total. The summed E-state index contributed by atoms with van der Waals surface area (Å²) >= 11 is 7.61. The maximum absolute atomic E-state index is 15.2. The Hall–Kier alpha value is -2.90. The Morgan fingerprint density at radius 1 is 1.08 bits per heavy atom. The van der Waals surface area contributed by atoms with Crippen LogP contribution in [-0.4, -0.2) is 16.2 Å². The minimum Gasteiger partial charge on any atom is -0.491 e. The molecule has 204 valence electrons. The first-order chi connectivity index (χ1) is 18.7.